The topological polar surface area (TPSA) is 79.5 Å². The molecule has 2 amide bonds. The summed E-state index contributed by atoms with van der Waals surface area (Å²) in [7, 11) is 1.61. The van der Waals surface area contributed by atoms with E-state index in [-0.39, 0.29) is 11.8 Å². The van der Waals surface area contributed by atoms with Crippen molar-refractivity contribution in [2.75, 3.05) is 38.7 Å². The highest BCUT2D eigenvalue weighted by Gasteiger charge is 2.39. The Morgan fingerprint density at radius 1 is 1.31 bits per heavy atom. The van der Waals surface area contributed by atoms with Gasteiger partial charge in [0.25, 0.3) is 5.91 Å². The van der Waals surface area contributed by atoms with E-state index < -0.39 is 5.41 Å². The third-order valence-corrected chi connectivity index (χ3v) is 4.92. The van der Waals surface area contributed by atoms with Gasteiger partial charge in [-0.2, -0.15) is 0 Å². The smallest absolute Gasteiger partial charge is 0.252 e. The lowest BCUT2D eigenvalue weighted by Crippen LogP contribution is -2.47. The summed E-state index contributed by atoms with van der Waals surface area (Å²) in [6.07, 6.45) is 1.44. The van der Waals surface area contributed by atoms with Crippen LogP contribution in [0.3, 0.4) is 0 Å². The minimum absolute atomic E-state index is 0.0751. The molecule has 0 atom stereocenters. The van der Waals surface area contributed by atoms with Gasteiger partial charge in [0, 0.05) is 19.3 Å². The fourth-order valence-corrected chi connectivity index (χ4v) is 3.32. The quantitative estimate of drug-likeness (QED) is 0.678. The Morgan fingerprint density at radius 2 is 2.00 bits per heavy atom. The van der Waals surface area contributed by atoms with Crippen LogP contribution in [0.15, 0.2) is 18.2 Å². The molecule has 1 fully saturated rings. The Labute approximate surface area is 160 Å². The summed E-state index contributed by atoms with van der Waals surface area (Å²) in [5, 5.41) is 9.35. The molecule has 1 aromatic rings. The first kappa shape index (κ1) is 20.7. The number of amides is 2. The SMILES string of the molecule is COCC1(C(=O)Nc2ccc(C(=O)NCC(C)C)c(Cl)c2)CCNCC1. The van der Waals surface area contributed by atoms with E-state index >= 15 is 0 Å². The van der Waals surface area contributed by atoms with E-state index in [4.69, 9.17) is 16.3 Å². The molecular weight excluding hydrogens is 354 g/mol. The maximum atomic E-state index is 12.8. The van der Waals surface area contributed by atoms with Gasteiger partial charge in [-0.1, -0.05) is 25.4 Å². The number of halogens is 1. The molecule has 3 N–H and O–H groups in total. The van der Waals surface area contributed by atoms with Crippen molar-refractivity contribution in [1.82, 2.24) is 10.6 Å². The number of benzene rings is 1. The van der Waals surface area contributed by atoms with Gasteiger partial charge in [-0.15, -0.1) is 0 Å². The zero-order chi connectivity index (χ0) is 19.2. The molecule has 2 rings (SSSR count). The minimum Gasteiger partial charge on any atom is -0.384 e. The summed E-state index contributed by atoms with van der Waals surface area (Å²) in [4.78, 5) is 25.0. The van der Waals surface area contributed by atoms with Crippen LogP contribution in [-0.4, -0.2) is 45.2 Å². The fraction of sp³-hybridized carbons (Fsp3) is 0.579. The number of ether oxygens (including phenoxy) is 1. The average molecular weight is 382 g/mol. The first-order valence-electron chi connectivity index (χ1n) is 8.97. The van der Waals surface area contributed by atoms with Gasteiger partial charge in [-0.25, -0.2) is 0 Å². The van der Waals surface area contributed by atoms with E-state index in [1.165, 1.54) is 0 Å². The van der Waals surface area contributed by atoms with Gasteiger partial charge in [0.2, 0.25) is 5.91 Å². The molecular formula is C19H28ClN3O3. The van der Waals surface area contributed by atoms with E-state index in [1.807, 2.05) is 13.8 Å². The lowest BCUT2D eigenvalue weighted by Gasteiger charge is -2.35. The van der Waals surface area contributed by atoms with Gasteiger partial charge in [0.05, 0.1) is 22.6 Å². The van der Waals surface area contributed by atoms with Crippen LogP contribution in [0, 0.1) is 11.3 Å². The highest BCUT2D eigenvalue weighted by Crippen LogP contribution is 2.31. The van der Waals surface area contributed by atoms with Gasteiger partial charge < -0.3 is 20.7 Å². The summed E-state index contributed by atoms with van der Waals surface area (Å²) in [6.45, 7) is 6.58. The largest absolute Gasteiger partial charge is 0.384 e. The molecule has 144 valence electrons. The standard InChI is InChI=1S/C19H28ClN3O3/c1-13(2)11-22-17(24)15-5-4-14(10-16(15)20)23-18(25)19(12-26-3)6-8-21-9-7-19/h4-5,10,13,21H,6-9,11-12H2,1-3H3,(H,22,24)(H,23,25). The van der Waals surface area contributed by atoms with Crippen LogP contribution in [0.5, 0.6) is 0 Å². The second-order valence-electron chi connectivity index (χ2n) is 7.22. The molecule has 1 aliphatic rings. The van der Waals surface area contributed by atoms with Crippen LogP contribution in [0.4, 0.5) is 5.69 Å². The van der Waals surface area contributed by atoms with Gasteiger partial charge in [0.1, 0.15) is 0 Å². The lowest BCUT2D eigenvalue weighted by atomic mass is 9.78. The van der Waals surface area contributed by atoms with Gasteiger partial charge >= 0.3 is 0 Å². The van der Waals surface area contributed by atoms with E-state index in [9.17, 15) is 9.59 Å². The molecule has 6 nitrogen and oxygen atoms in total. The van der Waals surface area contributed by atoms with Crippen molar-refractivity contribution < 1.29 is 14.3 Å². The Bertz CT molecular complexity index is 637. The van der Waals surface area contributed by atoms with E-state index in [2.05, 4.69) is 16.0 Å². The molecule has 1 aromatic carbocycles. The number of anilines is 1. The van der Waals surface area contributed by atoms with Crippen molar-refractivity contribution in [2.24, 2.45) is 11.3 Å². The predicted octanol–water partition coefficient (Wildman–Crippen LogP) is 2.68. The van der Waals surface area contributed by atoms with Gasteiger partial charge in [-0.05, 0) is 50.0 Å². The Kier molecular flexibility index (Phi) is 7.43. The van der Waals surface area contributed by atoms with Crippen molar-refractivity contribution in [3.05, 3.63) is 28.8 Å². The molecule has 7 heteroatoms. The molecule has 0 bridgehead atoms. The van der Waals surface area contributed by atoms with Crippen molar-refractivity contribution in [2.45, 2.75) is 26.7 Å². The Balaban J connectivity index is 2.08. The number of piperidine rings is 1. The van der Waals surface area contributed by atoms with Crippen molar-refractivity contribution >= 4 is 29.1 Å². The molecule has 1 saturated heterocycles. The first-order valence-corrected chi connectivity index (χ1v) is 9.34. The Hall–Kier alpha value is -1.63. The van der Waals surface area contributed by atoms with E-state index in [1.54, 1.807) is 25.3 Å². The number of carbonyl (C=O) groups excluding carboxylic acids is 2. The maximum Gasteiger partial charge on any atom is 0.252 e. The van der Waals surface area contributed by atoms with Crippen molar-refractivity contribution in [3.8, 4) is 0 Å². The molecule has 26 heavy (non-hydrogen) atoms. The molecule has 0 saturated carbocycles. The Morgan fingerprint density at radius 3 is 2.58 bits per heavy atom. The predicted molar refractivity (Wildman–Crippen MR) is 104 cm³/mol. The monoisotopic (exact) mass is 381 g/mol. The van der Waals surface area contributed by atoms with Gasteiger partial charge in [0.15, 0.2) is 0 Å². The van der Waals surface area contributed by atoms with Crippen LogP contribution in [0.25, 0.3) is 0 Å². The van der Waals surface area contributed by atoms with E-state index in [0.29, 0.717) is 35.3 Å². The summed E-state index contributed by atoms with van der Waals surface area (Å²) in [6, 6.07) is 4.96. The molecule has 0 spiro atoms. The molecule has 0 aromatic heterocycles. The highest BCUT2D eigenvalue weighted by atomic mass is 35.5. The molecule has 1 aliphatic heterocycles. The fourth-order valence-electron chi connectivity index (χ4n) is 3.05. The lowest BCUT2D eigenvalue weighted by molar-refractivity contribution is -0.130. The van der Waals surface area contributed by atoms with E-state index in [0.717, 1.165) is 25.9 Å². The van der Waals surface area contributed by atoms with Crippen LogP contribution in [0.1, 0.15) is 37.0 Å². The molecule has 0 aliphatic carbocycles. The first-order chi connectivity index (χ1) is 12.4. The second-order valence-corrected chi connectivity index (χ2v) is 7.62. The number of hydrogen-bond acceptors (Lipinski definition) is 4. The van der Waals surface area contributed by atoms with Crippen LogP contribution in [0.2, 0.25) is 5.02 Å². The zero-order valence-electron chi connectivity index (χ0n) is 15.7. The number of methoxy groups -OCH3 is 1. The second kappa shape index (κ2) is 9.35. The molecule has 0 radical (unpaired) electrons. The number of rotatable bonds is 7. The molecule has 1 heterocycles. The van der Waals surface area contributed by atoms with Crippen molar-refractivity contribution in [3.63, 3.8) is 0 Å². The summed E-state index contributed by atoms with van der Waals surface area (Å²) in [5.74, 6) is 0.0722. The van der Waals surface area contributed by atoms with Crippen LogP contribution in [-0.2, 0) is 9.53 Å². The van der Waals surface area contributed by atoms with Crippen molar-refractivity contribution in [1.29, 1.82) is 0 Å². The third kappa shape index (κ3) is 5.19. The minimum atomic E-state index is -0.542. The zero-order valence-corrected chi connectivity index (χ0v) is 16.4. The average Bonchev–Trinajstić information content (AvgIpc) is 2.61. The van der Waals surface area contributed by atoms with Crippen LogP contribution >= 0.6 is 11.6 Å². The highest BCUT2D eigenvalue weighted by molar-refractivity contribution is 6.34. The summed E-state index contributed by atoms with van der Waals surface area (Å²) >= 11 is 6.26. The maximum absolute atomic E-state index is 12.8. The molecule has 0 unspecified atom stereocenters. The number of nitrogens with one attached hydrogen (secondary N) is 3. The number of carbonyl (C=O) groups is 2. The van der Waals surface area contributed by atoms with Crippen LogP contribution < -0.4 is 16.0 Å². The summed E-state index contributed by atoms with van der Waals surface area (Å²) in [5.41, 5.74) is 0.438. The number of hydrogen-bond donors (Lipinski definition) is 3. The normalized spacial score (nSPS) is 16.3. The third-order valence-electron chi connectivity index (χ3n) is 4.61. The van der Waals surface area contributed by atoms with Gasteiger partial charge in [-0.3, -0.25) is 9.59 Å². The summed E-state index contributed by atoms with van der Waals surface area (Å²) < 4.78 is 5.30.